The Morgan fingerprint density at radius 2 is 1.91 bits per heavy atom. The summed E-state index contributed by atoms with van der Waals surface area (Å²) in [5, 5.41) is 14.4. The lowest BCUT2D eigenvalue weighted by molar-refractivity contribution is 0.363. The molecule has 0 bridgehead atoms. The van der Waals surface area contributed by atoms with E-state index < -0.39 is 5.82 Å². The van der Waals surface area contributed by atoms with E-state index in [1.807, 2.05) is 0 Å². The highest BCUT2D eigenvalue weighted by molar-refractivity contribution is 6.71. The van der Waals surface area contributed by atoms with Gasteiger partial charge in [-0.05, 0) is 12.1 Å². The van der Waals surface area contributed by atoms with Gasteiger partial charge in [0.05, 0.1) is 10.7 Å². The molecule has 4 N–H and O–H groups in total. The van der Waals surface area contributed by atoms with Gasteiger partial charge in [-0.3, -0.25) is 10.8 Å². The van der Waals surface area contributed by atoms with Crippen molar-refractivity contribution in [1.29, 1.82) is 10.8 Å². The van der Waals surface area contributed by atoms with E-state index in [4.69, 9.17) is 63.0 Å². The number of benzene rings is 1. The van der Waals surface area contributed by atoms with E-state index in [1.165, 1.54) is 12.1 Å². The largest absolute Gasteiger partial charge is 0.363 e. The standard InChI is InChI=1S/C13H13Cl4FN4/c14-8-1-2-9(18)12(16)7(8)6-22(4-3-19)10(13(17)21)5-11(15)20/h1-2,5,20-21H,3-4,6,19H2/b10-5+,20-11?,21-13?. The molecule has 0 aliphatic carbocycles. The van der Waals surface area contributed by atoms with Crippen molar-refractivity contribution < 1.29 is 4.39 Å². The van der Waals surface area contributed by atoms with Crippen LogP contribution in [0.25, 0.3) is 0 Å². The van der Waals surface area contributed by atoms with Crippen LogP contribution in [-0.4, -0.2) is 28.3 Å². The van der Waals surface area contributed by atoms with Crippen LogP contribution in [0.15, 0.2) is 23.9 Å². The van der Waals surface area contributed by atoms with Crippen molar-refractivity contribution in [1.82, 2.24) is 4.90 Å². The molecule has 1 aromatic rings. The molecular weight excluding hydrogens is 373 g/mol. The van der Waals surface area contributed by atoms with Crippen molar-refractivity contribution in [2.24, 2.45) is 5.73 Å². The molecule has 1 aromatic carbocycles. The first-order valence-corrected chi connectivity index (χ1v) is 7.56. The maximum Gasteiger partial charge on any atom is 0.144 e. The summed E-state index contributed by atoms with van der Waals surface area (Å²) in [7, 11) is 0. The Labute approximate surface area is 147 Å². The van der Waals surface area contributed by atoms with Crippen LogP contribution in [0.5, 0.6) is 0 Å². The van der Waals surface area contributed by atoms with Crippen molar-refractivity contribution in [2.75, 3.05) is 13.1 Å². The Morgan fingerprint density at radius 3 is 2.41 bits per heavy atom. The van der Waals surface area contributed by atoms with Gasteiger partial charge in [-0.2, -0.15) is 0 Å². The molecule has 0 atom stereocenters. The molecule has 0 heterocycles. The van der Waals surface area contributed by atoms with Crippen LogP contribution in [0.3, 0.4) is 0 Å². The van der Waals surface area contributed by atoms with Gasteiger partial charge in [-0.1, -0.05) is 46.4 Å². The van der Waals surface area contributed by atoms with Gasteiger partial charge in [0.1, 0.15) is 16.2 Å². The van der Waals surface area contributed by atoms with Crippen LogP contribution >= 0.6 is 46.4 Å². The minimum atomic E-state index is -0.606. The summed E-state index contributed by atoms with van der Waals surface area (Å²) in [6.07, 6.45) is 1.20. The highest BCUT2D eigenvalue weighted by Gasteiger charge is 2.18. The lowest BCUT2D eigenvalue weighted by Gasteiger charge is -2.27. The monoisotopic (exact) mass is 384 g/mol. The minimum absolute atomic E-state index is 0.0672. The molecule has 22 heavy (non-hydrogen) atoms. The van der Waals surface area contributed by atoms with E-state index in [0.29, 0.717) is 5.56 Å². The second-order valence-corrected chi connectivity index (χ2v) is 5.79. The maximum atomic E-state index is 13.6. The van der Waals surface area contributed by atoms with Gasteiger partial charge < -0.3 is 10.6 Å². The van der Waals surface area contributed by atoms with Crippen molar-refractivity contribution in [3.8, 4) is 0 Å². The molecule has 0 saturated heterocycles. The summed E-state index contributed by atoms with van der Waals surface area (Å²) in [6, 6.07) is 2.55. The fourth-order valence-corrected chi connectivity index (χ4v) is 2.53. The quantitative estimate of drug-likeness (QED) is 0.485. The Bertz CT molecular complexity index is 618. The molecule has 0 unspecified atom stereocenters. The molecule has 0 aliphatic rings. The number of halogens is 5. The molecule has 0 saturated carbocycles. The fourth-order valence-electron chi connectivity index (χ4n) is 1.76. The topological polar surface area (TPSA) is 77.0 Å². The van der Waals surface area contributed by atoms with E-state index in [-0.39, 0.29) is 45.7 Å². The number of nitrogens with zero attached hydrogens (tertiary/aromatic N) is 1. The molecule has 0 fully saturated rings. The molecule has 0 aromatic heterocycles. The number of hydrogen-bond acceptors (Lipinski definition) is 4. The van der Waals surface area contributed by atoms with Crippen LogP contribution in [0, 0.1) is 16.6 Å². The Kier molecular flexibility index (Phi) is 7.59. The molecule has 4 nitrogen and oxygen atoms in total. The number of rotatable bonds is 7. The lowest BCUT2D eigenvalue weighted by Crippen LogP contribution is -2.31. The number of nitrogens with two attached hydrogens (primary N) is 1. The first-order chi connectivity index (χ1) is 10.3. The highest BCUT2D eigenvalue weighted by Crippen LogP contribution is 2.29. The number of nitrogens with one attached hydrogen (secondary N) is 2. The average Bonchev–Trinajstić information content (AvgIpc) is 2.43. The zero-order valence-corrected chi connectivity index (χ0v) is 14.3. The lowest BCUT2D eigenvalue weighted by atomic mass is 10.2. The molecule has 9 heteroatoms. The first-order valence-electron chi connectivity index (χ1n) is 6.05. The van der Waals surface area contributed by atoms with Gasteiger partial charge in [0.25, 0.3) is 0 Å². The summed E-state index contributed by atoms with van der Waals surface area (Å²) < 4.78 is 13.6. The predicted molar refractivity (Wildman–Crippen MR) is 91.1 cm³/mol. The summed E-state index contributed by atoms with van der Waals surface area (Å²) >= 11 is 23.3. The van der Waals surface area contributed by atoms with Crippen molar-refractivity contribution in [3.05, 3.63) is 45.3 Å². The van der Waals surface area contributed by atoms with Crippen molar-refractivity contribution >= 4 is 56.7 Å². The van der Waals surface area contributed by atoms with Gasteiger partial charge in [-0.15, -0.1) is 0 Å². The maximum absolute atomic E-state index is 13.6. The summed E-state index contributed by atoms with van der Waals surface area (Å²) in [6.45, 7) is 0.591. The van der Waals surface area contributed by atoms with Gasteiger partial charge in [0.15, 0.2) is 0 Å². The van der Waals surface area contributed by atoms with Gasteiger partial charge in [0, 0.05) is 36.3 Å². The third-order valence-corrected chi connectivity index (χ3v) is 3.78. The first kappa shape index (κ1) is 19.2. The highest BCUT2D eigenvalue weighted by atomic mass is 35.5. The van der Waals surface area contributed by atoms with Gasteiger partial charge >= 0.3 is 0 Å². The Hall–Kier alpha value is -0.850. The summed E-state index contributed by atoms with van der Waals surface area (Å²) in [5.41, 5.74) is 6.05. The zero-order valence-electron chi connectivity index (χ0n) is 11.3. The second kappa shape index (κ2) is 8.70. The van der Waals surface area contributed by atoms with Crippen molar-refractivity contribution in [2.45, 2.75) is 6.54 Å². The third kappa shape index (κ3) is 5.11. The summed E-state index contributed by atoms with van der Waals surface area (Å²) in [4.78, 5) is 1.55. The fraction of sp³-hybridized carbons (Fsp3) is 0.231. The van der Waals surface area contributed by atoms with Crippen LogP contribution in [0.1, 0.15) is 5.56 Å². The van der Waals surface area contributed by atoms with Crippen LogP contribution in [-0.2, 0) is 6.54 Å². The van der Waals surface area contributed by atoms with Crippen LogP contribution in [0.2, 0.25) is 10.0 Å². The van der Waals surface area contributed by atoms with E-state index in [1.54, 1.807) is 4.90 Å². The molecule has 0 radical (unpaired) electrons. The van der Waals surface area contributed by atoms with Crippen molar-refractivity contribution in [3.63, 3.8) is 0 Å². The SMILES string of the molecule is N=C(Cl)/C=C(\C(=N)Cl)N(CCN)Cc1c(Cl)ccc(F)c1Cl. The smallest absolute Gasteiger partial charge is 0.144 e. The molecule has 0 aliphatic heterocycles. The second-order valence-electron chi connectivity index (χ2n) is 4.22. The summed E-state index contributed by atoms with van der Waals surface area (Å²) in [5.74, 6) is -0.606. The molecular formula is C13H13Cl4FN4. The van der Waals surface area contributed by atoms with Gasteiger partial charge in [-0.25, -0.2) is 4.39 Å². The number of allylic oxidation sites excluding steroid dienone is 2. The van der Waals surface area contributed by atoms with E-state index >= 15 is 0 Å². The molecule has 120 valence electrons. The minimum Gasteiger partial charge on any atom is -0.363 e. The number of hydrogen-bond donors (Lipinski definition) is 3. The molecule has 1 rings (SSSR count). The Morgan fingerprint density at radius 1 is 1.27 bits per heavy atom. The van der Waals surface area contributed by atoms with E-state index in [0.717, 1.165) is 6.07 Å². The zero-order chi connectivity index (χ0) is 16.9. The van der Waals surface area contributed by atoms with Crippen LogP contribution in [0.4, 0.5) is 4.39 Å². The van der Waals surface area contributed by atoms with Gasteiger partial charge in [0.2, 0.25) is 0 Å². The third-order valence-electron chi connectivity index (χ3n) is 2.72. The Balaban J connectivity index is 3.25. The van der Waals surface area contributed by atoms with E-state index in [9.17, 15) is 4.39 Å². The average molecular weight is 386 g/mol. The normalized spacial score (nSPS) is 11.5. The molecule has 0 spiro atoms. The molecule has 0 amide bonds. The van der Waals surface area contributed by atoms with E-state index in [2.05, 4.69) is 0 Å². The van der Waals surface area contributed by atoms with Crippen LogP contribution < -0.4 is 5.73 Å². The predicted octanol–water partition coefficient (Wildman–Crippen LogP) is 4.21.